The number of aliphatic hydroxyl groups is 1. The number of amidine groups is 1. The van der Waals surface area contributed by atoms with E-state index < -0.39 is 5.72 Å². The second-order valence-electron chi connectivity index (χ2n) is 8.04. The minimum atomic E-state index is -1.15. The quantitative estimate of drug-likeness (QED) is 0.713. The number of anilines is 1. The molecule has 2 aliphatic rings. The van der Waals surface area contributed by atoms with Crippen molar-refractivity contribution >= 4 is 11.5 Å². The van der Waals surface area contributed by atoms with Gasteiger partial charge in [-0.05, 0) is 88.6 Å². The van der Waals surface area contributed by atoms with Crippen molar-refractivity contribution in [3.63, 3.8) is 0 Å². The predicted molar refractivity (Wildman–Crippen MR) is 120 cm³/mol. The number of rotatable bonds is 6. The van der Waals surface area contributed by atoms with Crippen molar-refractivity contribution in [2.24, 2.45) is 0 Å². The summed E-state index contributed by atoms with van der Waals surface area (Å²) in [5.41, 5.74) is 0.721. The Bertz CT molecular complexity index is 892. The average Bonchev–Trinajstić information content (AvgIpc) is 2.91. The highest BCUT2D eigenvalue weighted by Crippen LogP contribution is 2.42. The summed E-state index contributed by atoms with van der Waals surface area (Å²) in [5.74, 6) is 2.88. The second kappa shape index (κ2) is 8.68. The molecule has 2 aromatic rings. The van der Waals surface area contributed by atoms with Gasteiger partial charge >= 0.3 is 0 Å². The molecule has 160 valence electrons. The highest BCUT2D eigenvalue weighted by Gasteiger charge is 2.59. The van der Waals surface area contributed by atoms with E-state index in [1.165, 1.54) is 12.3 Å². The van der Waals surface area contributed by atoms with Gasteiger partial charge in [-0.1, -0.05) is 0 Å². The first-order valence-electron chi connectivity index (χ1n) is 11.2. The van der Waals surface area contributed by atoms with Crippen LogP contribution in [0.5, 0.6) is 11.5 Å². The topological polar surface area (TPSA) is 44.9 Å². The molecule has 0 radical (unpaired) electrons. The van der Waals surface area contributed by atoms with Crippen LogP contribution in [0.4, 0.5) is 5.69 Å². The summed E-state index contributed by atoms with van der Waals surface area (Å²) < 4.78 is 13.7. The van der Waals surface area contributed by atoms with Crippen molar-refractivity contribution < 1.29 is 19.2 Å². The molecule has 0 unspecified atom stereocenters. The molecule has 2 atom stereocenters. The lowest BCUT2D eigenvalue weighted by atomic mass is 9.93. The molecule has 0 aliphatic carbocycles. The smallest absolute Gasteiger partial charge is 0.278 e. The maximum atomic E-state index is 12.3. The normalized spacial score (nSPS) is 23.9. The third kappa shape index (κ3) is 3.56. The summed E-state index contributed by atoms with van der Waals surface area (Å²) in [7, 11) is 0. The summed E-state index contributed by atoms with van der Waals surface area (Å²) in [6, 6.07) is 15.9. The van der Waals surface area contributed by atoms with E-state index in [2.05, 4.69) is 28.5 Å². The van der Waals surface area contributed by atoms with E-state index in [4.69, 9.17) is 9.47 Å². The average molecular weight is 410 g/mol. The molecule has 5 heteroatoms. The number of hydrogen-bond donors (Lipinski definition) is 1. The van der Waals surface area contributed by atoms with E-state index >= 15 is 0 Å². The monoisotopic (exact) mass is 409 g/mol. The third-order valence-electron chi connectivity index (χ3n) is 6.28. The number of hydrogen-bond acceptors (Lipinski definition) is 4. The fourth-order valence-electron chi connectivity index (χ4n) is 4.81. The standard InChI is InChI=1S/C25H33N2O3/c1-4-29-22-14-10-20(11-15-22)25(28)19(3)26-18-8-6-7-9-24(26)27(25)21-12-16-23(17-13-21)30-5-2/h10-17,19,28H,4-9,18H2,1-3H3/q+1/t19-,25-/m0/s1. The predicted octanol–water partition coefficient (Wildman–Crippen LogP) is 4.52. The lowest BCUT2D eigenvalue weighted by molar-refractivity contribution is -0.571. The highest BCUT2D eigenvalue weighted by molar-refractivity contribution is 5.97. The summed E-state index contributed by atoms with van der Waals surface area (Å²) in [5, 5.41) is 12.3. The van der Waals surface area contributed by atoms with Gasteiger partial charge in [0, 0.05) is 12.0 Å². The first-order valence-corrected chi connectivity index (χ1v) is 11.2. The zero-order valence-corrected chi connectivity index (χ0v) is 18.3. The fraction of sp³-hybridized carbons (Fsp3) is 0.480. The van der Waals surface area contributed by atoms with Crippen LogP contribution in [-0.4, -0.2) is 41.3 Å². The molecule has 2 aromatic carbocycles. The Labute approximate surface area is 179 Å². The van der Waals surface area contributed by atoms with E-state index in [0.717, 1.165) is 48.6 Å². The number of nitrogens with zero attached hydrogens (tertiary/aromatic N) is 2. The molecule has 1 N–H and O–H groups in total. The SMILES string of the molecule is CCOc1ccc(N2C3=[N+](CCCCC3)[C@@H](C)[C@]2(O)c2ccc(OCC)cc2)cc1. The molecule has 2 heterocycles. The lowest BCUT2D eigenvalue weighted by Crippen LogP contribution is -2.51. The van der Waals surface area contributed by atoms with Gasteiger partial charge in [0.1, 0.15) is 17.2 Å². The first-order chi connectivity index (χ1) is 14.6. The Morgan fingerprint density at radius 3 is 2.13 bits per heavy atom. The van der Waals surface area contributed by atoms with Crippen molar-refractivity contribution in [3.8, 4) is 11.5 Å². The molecule has 0 bridgehead atoms. The zero-order valence-electron chi connectivity index (χ0n) is 18.3. The van der Waals surface area contributed by atoms with Gasteiger partial charge in [-0.25, -0.2) is 0 Å². The fourth-order valence-corrected chi connectivity index (χ4v) is 4.81. The summed E-state index contributed by atoms with van der Waals surface area (Å²) in [4.78, 5) is 2.15. The summed E-state index contributed by atoms with van der Waals surface area (Å²) >= 11 is 0. The summed E-state index contributed by atoms with van der Waals surface area (Å²) in [6.07, 6.45) is 4.50. The van der Waals surface area contributed by atoms with Gasteiger partial charge in [0.05, 0.1) is 19.8 Å². The van der Waals surface area contributed by atoms with Gasteiger partial charge in [-0.3, -0.25) is 4.58 Å². The van der Waals surface area contributed by atoms with Crippen molar-refractivity contribution in [1.82, 2.24) is 0 Å². The molecule has 0 saturated heterocycles. The van der Waals surface area contributed by atoms with Gasteiger partial charge in [-0.15, -0.1) is 0 Å². The first kappa shape index (κ1) is 20.7. The number of benzene rings is 2. The van der Waals surface area contributed by atoms with Crippen LogP contribution in [0.25, 0.3) is 0 Å². The van der Waals surface area contributed by atoms with Crippen LogP contribution in [0.15, 0.2) is 48.5 Å². The van der Waals surface area contributed by atoms with Crippen molar-refractivity contribution in [2.45, 2.75) is 58.2 Å². The maximum absolute atomic E-state index is 12.3. The van der Waals surface area contributed by atoms with E-state index in [0.29, 0.717) is 13.2 Å². The molecule has 0 aromatic heterocycles. The summed E-state index contributed by atoms with van der Waals surface area (Å²) in [6.45, 7) is 8.34. The Hall–Kier alpha value is -2.53. The van der Waals surface area contributed by atoms with Crippen LogP contribution in [0.3, 0.4) is 0 Å². The van der Waals surface area contributed by atoms with Crippen molar-refractivity contribution in [3.05, 3.63) is 54.1 Å². The van der Waals surface area contributed by atoms with E-state index in [1.807, 2.05) is 50.2 Å². The number of ether oxygens (including phenoxy) is 2. The van der Waals surface area contributed by atoms with Crippen LogP contribution in [0.2, 0.25) is 0 Å². The van der Waals surface area contributed by atoms with Crippen LogP contribution in [0.1, 0.15) is 52.0 Å². The minimum absolute atomic E-state index is 0.0601. The Kier molecular flexibility index (Phi) is 6.00. The molecule has 0 spiro atoms. The second-order valence-corrected chi connectivity index (χ2v) is 8.04. The Balaban J connectivity index is 1.78. The van der Waals surface area contributed by atoms with E-state index in [9.17, 15) is 5.11 Å². The molecular weight excluding hydrogens is 376 g/mol. The van der Waals surface area contributed by atoms with Crippen molar-refractivity contribution in [2.75, 3.05) is 24.7 Å². The van der Waals surface area contributed by atoms with E-state index in [-0.39, 0.29) is 6.04 Å². The van der Waals surface area contributed by atoms with Crippen LogP contribution >= 0.6 is 0 Å². The van der Waals surface area contributed by atoms with Gasteiger partial charge in [-0.2, -0.15) is 4.90 Å². The van der Waals surface area contributed by atoms with E-state index in [1.54, 1.807) is 0 Å². The van der Waals surface area contributed by atoms with Crippen LogP contribution in [-0.2, 0) is 5.72 Å². The van der Waals surface area contributed by atoms with Crippen LogP contribution in [0, 0.1) is 0 Å². The third-order valence-corrected chi connectivity index (χ3v) is 6.28. The molecule has 0 amide bonds. The molecular formula is C25H33N2O3+. The minimum Gasteiger partial charge on any atom is -0.494 e. The highest BCUT2D eigenvalue weighted by atomic mass is 16.5. The molecule has 5 nitrogen and oxygen atoms in total. The van der Waals surface area contributed by atoms with Gasteiger partial charge in [0.15, 0.2) is 6.04 Å². The van der Waals surface area contributed by atoms with Gasteiger partial charge in [0.2, 0.25) is 0 Å². The van der Waals surface area contributed by atoms with Crippen molar-refractivity contribution in [1.29, 1.82) is 0 Å². The lowest BCUT2D eigenvalue weighted by Gasteiger charge is -2.32. The molecule has 30 heavy (non-hydrogen) atoms. The Morgan fingerprint density at radius 2 is 1.53 bits per heavy atom. The molecule has 2 aliphatic heterocycles. The maximum Gasteiger partial charge on any atom is 0.278 e. The van der Waals surface area contributed by atoms with Gasteiger partial charge < -0.3 is 14.6 Å². The van der Waals surface area contributed by atoms with Crippen LogP contribution < -0.4 is 14.4 Å². The molecule has 0 saturated carbocycles. The largest absolute Gasteiger partial charge is 0.494 e. The van der Waals surface area contributed by atoms with Gasteiger partial charge in [0.25, 0.3) is 11.6 Å². The molecule has 4 rings (SSSR count). The molecule has 0 fully saturated rings. The zero-order chi connectivity index (χ0) is 21.1. The Morgan fingerprint density at radius 1 is 0.933 bits per heavy atom.